The molecule has 0 aliphatic heterocycles. The number of thiazole rings is 1. The van der Waals surface area contributed by atoms with Crippen molar-refractivity contribution in [2.45, 2.75) is 20.4 Å². The van der Waals surface area contributed by atoms with E-state index < -0.39 is 0 Å². The summed E-state index contributed by atoms with van der Waals surface area (Å²) in [5, 5.41) is 3.76. The first kappa shape index (κ1) is 12.6. The summed E-state index contributed by atoms with van der Waals surface area (Å²) in [5.74, 6) is -0.118. The van der Waals surface area contributed by atoms with Crippen molar-refractivity contribution in [2.24, 2.45) is 0 Å². The Morgan fingerprint density at radius 1 is 1.44 bits per heavy atom. The van der Waals surface area contributed by atoms with E-state index >= 15 is 0 Å². The van der Waals surface area contributed by atoms with E-state index in [9.17, 15) is 4.79 Å². The molecule has 5 heteroatoms. The van der Waals surface area contributed by atoms with E-state index in [1.54, 1.807) is 35.7 Å². The second-order valence-corrected chi connectivity index (χ2v) is 5.39. The molecule has 0 aliphatic carbocycles. The van der Waals surface area contributed by atoms with Crippen molar-refractivity contribution < 1.29 is 4.79 Å². The quantitative estimate of drug-likeness (QED) is 0.833. The number of amides is 1. The summed E-state index contributed by atoms with van der Waals surface area (Å²) in [6, 6.07) is 5.34. The van der Waals surface area contributed by atoms with Crippen LogP contribution in [0.5, 0.6) is 0 Å². The molecule has 0 aliphatic rings. The molecule has 4 nitrogen and oxygen atoms in total. The molecule has 0 radical (unpaired) electrons. The van der Waals surface area contributed by atoms with Crippen LogP contribution in [0.15, 0.2) is 24.4 Å². The zero-order chi connectivity index (χ0) is 13.1. The number of carbonyl (C=O) groups excluding carboxylic acids is 1. The van der Waals surface area contributed by atoms with Gasteiger partial charge in [-0.15, -0.1) is 11.3 Å². The number of aromatic nitrogens is 1. The maximum Gasteiger partial charge on any atom is 0.251 e. The summed E-state index contributed by atoms with van der Waals surface area (Å²) in [6.07, 6.45) is 1.80. The SMILES string of the molecule is Cc1cnc(CNC(=O)c2cccc(N)c2C)s1. The van der Waals surface area contributed by atoms with Gasteiger partial charge in [0.25, 0.3) is 5.91 Å². The van der Waals surface area contributed by atoms with Gasteiger partial charge in [-0.05, 0) is 31.5 Å². The maximum absolute atomic E-state index is 12.0. The molecule has 1 amide bonds. The number of rotatable bonds is 3. The highest BCUT2D eigenvalue weighted by Crippen LogP contribution is 2.16. The lowest BCUT2D eigenvalue weighted by Crippen LogP contribution is -2.23. The Bertz CT molecular complexity index is 577. The Balaban J connectivity index is 2.06. The van der Waals surface area contributed by atoms with Crippen LogP contribution < -0.4 is 11.1 Å². The average molecular weight is 261 g/mol. The van der Waals surface area contributed by atoms with E-state index in [0.717, 1.165) is 15.4 Å². The molecule has 94 valence electrons. The first-order chi connectivity index (χ1) is 8.58. The minimum Gasteiger partial charge on any atom is -0.398 e. The van der Waals surface area contributed by atoms with Gasteiger partial charge in [0.2, 0.25) is 0 Å². The Morgan fingerprint density at radius 3 is 2.89 bits per heavy atom. The van der Waals surface area contributed by atoms with Crippen LogP contribution in [-0.4, -0.2) is 10.9 Å². The van der Waals surface area contributed by atoms with E-state index in [1.807, 2.05) is 13.8 Å². The van der Waals surface area contributed by atoms with Crippen molar-refractivity contribution >= 4 is 22.9 Å². The van der Waals surface area contributed by atoms with Crippen LogP contribution in [0.3, 0.4) is 0 Å². The van der Waals surface area contributed by atoms with Gasteiger partial charge >= 0.3 is 0 Å². The molecule has 0 atom stereocenters. The number of nitrogens with one attached hydrogen (secondary N) is 1. The van der Waals surface area contributed by atoms with Gasteiger partial charge in [0.15, 0.2) is 0 Å². The van der Waals surface area contributed by atoms with Crippen LogP contribution in [-0.2, 0) is 6.54 Å². The number of hydrogen-bond acceptors (Lipinski definition) is 4. The highest BCUT2D eigenvalue weighted by Gasteiger charge is 2.10. The minimum atomic E-state index is -0.118. The molecule has 1 aromatic heterocycles. The smallest absolute Gasteiger partial charge is 0.251 e. The van der Waals surface area contributed by atoms with Crippen molar-refractivity contribution in [2.75, 3.05) is 5.73 Å². The monoisotopic (exact) mass is 261 g/mol. The fraction of sp³-hybridized carbons (Fsp3) is 0.231. The van der Waals surface area contributed by atoms with E-state index in [0.29, 0.717) is 17.8 Å². The van der Waals surface area contributed by atoms with Gasteiger partial charge in [-0.25, -0.2) is 4.98 Å². The van der Waals surface area contributed by atoms with Crippen LogP contribution in [0.4, 0.5) is 5.69 Å². The van der Waals surface area contributed by atoms with Gasteiger partial charge in [0.05, 0.1) is 6.54 Å². The summed E-state index contributed by atoms with van der Waals surface area (Å²) < 4.78 is 0. The number of nitrogen functional groups attached to an aromatic ring is 1. The zero-order valence-electron chi connectivity index (χ0n) is 10.4. The Labute approximate surface area is 110 Å². The topological polar surface area (TPSA) is 68.0 Å². The number of carbonyl (C=O) groups is 1. The lowest BCUT2D eigenvalue weighted by atomic mass is 10.1. The van der Waals surface area contributed by atoms with Crippen LogP contribution in [0.25, 0.3) is 0 Å². The molecule has 2 aromatic rings. The molecule has 3 N–H and O–H groups in total. The minimum absolute atomic E-state index is 0.118. The molecule has 18 heavy (non-hydrogen) atoms. The van der Waals surface area contributed by atoms with Gasteiger partial charge in [0.1, 0.15) is 5.01 Å². The Kier molecular flexibility index (Phi) is 3.62. The van der Waals surface area contributed by atoms with Gasteiger partial charge in [-0.1, -0.05) is 6.07 Å². The third-order valence-corrected chi connectivity index (χ3v) is 3.60. The van der Waals surface area contributed by atoms with Crippen molar-refractivity contribution in [3.63, 3.8) is 0 Å². The third-order valence-electron chi connectivity index (χ3n) is 2.69. The number of benzene rings is 1. The largest absolute Gasteiger partial charge is 0.398 e. The van der Waals surface area contributed by atoms with Gasteiger partial charge in [-0.3, -0.25) is 4.79 Å². The number of nitrogens with zero attached hydrogens (tertiary/aromatic N) is 1. The molecule has 1 heterocycles. The molecule has 0 fully saturated rings. The summed E-state index contributed by atoms with van der Waals surface area (Å²) >= 11 is 1.58. The second kappa shape index (κ2) is 5.18. The second-order valence-electron chi connectivity index (χ2n) is 4.07. The number of hydrogen-bond donors (Lipinski definition) is 2. The molecule has 0 bridgehead atoms. The molecular formula is C13H15N3OS. The van der Waals surface area contributed by atoms with E-state index in [4.69, 9.17) is 5.73 Å². The van der Waals surface area contributed by atoms with Crippen molar-refractivity contribution in [3.05, 3.63) is 45.4 Å². The lowest BCUT2D eigenvalue weighted by Gasteiger charge is -2.08. The van der Waals surface area contributed by atoms with Gasteiger partial charge in [0, 0.05) is 22.3 Å². The molecule has 1 aromatic carbocycles. The molecule has 0 unspecified atom stereocenters. The standard InChI is InChI=1S/C13H15N3OS/c1-8-6-15-12(18-8)7-16-13(17)10-4-3-5-11(14)9(10)2/h3-6H,7,14H2,1-2H3,(H,16,17). The predicted octanol–water partition coefficient (Wildman–Crippen LogP) is 2.27. The highest BCUT2D eigenvalue weighted by molar-refractivity contribution is 7.11. The van der Waals surface area contributed by atoms with E-state index in [1.165, 1.54) is 0 Å². The summed E-state index contributed by atoms with van der Waals surface area (Å²) in [7, 11) is 0. The molecule has 2 rings (SSSR count). The summed E-state index contributed by atoms with van der Waals surface area (Å²) in [4.78, 5) is 17.3. The lowest BCUT2D eigenvalue weighted by molar-refractivity contribution is 0.0950. The van der Waals surface area contributed by atoms with Crippen molar-refractivity contribution in [1.29, 1.82) is 0 Å². The molecule has 0 saturated heterocycles. The Morgan fingerprint density at radius 2 is 2.22 bits per heavy atom. The van der Waals surface area contributed by atoms with Crippen LogP contribution in [0, 0.1) is 13.8 Å². The van der Waals surface area contributed by atoms with Crippen molar-refractivity contribution in [3.8, 4) is 0 Å². The Hall–Kier alpha value is -1.88. The fourth-order valence-electron chi connectivity index (χ4n) is 1.63. The number of nitrogens with two attached hydrogens (primary N) is 1. The average Bonchev–Trinajstić information content (AvgIpc) is 2.76. The van der Waals surface area contributed by atoms with Crippen LogP contribution >= 0.6 is 11.3 Å². The fourth-order valence-corrected chi connectivity index (χ4v) is 2.36. The highest BCUT2D eigenvalue weighted by atomic mass is 32.1. The van der Waals surface area contributed by atoms with Crippen LogP contribution in [0.1, 0.15) is 25.8 Å². The summed E-state index contributed by atoms with van der Waals surface area (Å²) in [5.41, 5.74) is 7.84. The van der Waals surface area contributed by atoms with Crippen LogP contribution in [0.2, 0.25) is 0 Å². The maximum atomic E-state index is 12.0. The first-order valence-corrected chi connectivity index (χ1v) is 6.44. The molecule has 0 spiro atoms. The predicted molar refractivity (Wildman–Crippen MR) is 73.6 cm³/mol. The van der Waals surface area contributed by atoms with E-state index in [-0.39, 0.29) is 5.91 Å². The normalized spacial score (nSPS) is 10.3. The van der Waals surface area contributed by atoms with E-state index in [2.05, 4.69) is 10.3 Å². The molecule has 0 saturated carbocycles. The van der Waals surface area contributed by atoms with Gasteiger partial charge < -0.3 is 11.1 Å². The van der Waals surface area contributed by atoms with Crippen molar-refractivity contribution in [1.82, 2.24) is 10.3 Å². The first-order valence-electron chi connectivity index (χ1n) is 5.62. The zero-order valence-corrected chi connectivity index (χ0v) is 11.2. The number of aryl methyl sites for hydroxylation is 1. The summed E-state index contributed by atoms with van der Waals surface area (Å²) in [6.45, 7) is 4.29. The third kappa shape index (κ3) is 2.68. The molecular weight excluding hydrogens is 246 g/mol. The number of anilines is 1. The van der Waals surface area contributed by atoms with Gasteiger partial charge in [-0.2, -0.15) is 0 Å².